The van der Waals surface area contributed by atoms with Crippen LogP contribution < -0.4 is 5.32 Å². The third kappa shape index (κ3) is 4.27. The first-order valence-corrected chi connectivity index (χ1v) is 10.4. The molecule has 5 rings (SSSR count). The van der Waals surface area contributed by atoms with E-state index in [0.29, 0.717) is 0 Å². The first-order chi connectivity index (χ1) is 15.3. The summed E-state index contributed by atoms with van der Waals surface area (Å²) in [6.07, 6.45) is 4.56. The molecule has 0 saturated carbocycles. The van der Waals surface area contributed by atoms with Crippen molar-refractivity contribution < 1.29 is 4.39 Å². The highest BCUT2D eigenvalue weighted by molar-refractivity contribution is 5.83. The molecule has 31 heavy (non-hydrogen) atoms. The minimum Gasteiger partial charge on any atom is -0.361 e. The third-order valence-corrected chi connectivity index (χ3v) is 5.56. The summed E-state index contributed by atoms with van der Waals surface area (Å²) in [5, 5.41) is 4.68. The molecule has 1 atom stereocenters. The Kier molecular flexibility index (Phi) is 5.33. The minimum absolute atomic E-state index is 0.0262. The minimum atomic E-state index is -0.238. The summed E-state index contributed by atoms with van der Waals surface area (Å²) in [4.78, 5) is 11.4. The van der Waals surface area contributed by atoms with Gasteiger partial charge in [-0.05, 0) is 41.3 Å². The molecule has 2 heterocycles. The Labute approximate surface area is 180 Å². The molecule has 0 spiro atoms. The van der Waals surface area contributed by atoms with Crippen LogP contribution in [-0.2, 0) is 13.0 Å². The lowest BCUT2D eigenvalue weighted by molar-refractivity contribution is 0.510. The number of hydrogen-bond donors (Lipinski definition) is 3. The van der Waals surface area contributed by atoms with E-state index in [1.165, 1.54) is 17.7 Å². The normalized spacial score (nSPS) is 12.3. The Morgan fingerprint density at radius 2 is 1.71 bits per heavy atom. The molecular formula is C26H23FN4. The van der Waals surface area contributed by atoms with Gasteiger partial charge in [0.2, 0.25) is 0 Å². The first-order valence-electron chi connectivity index (χ1n) is 10.4. The average Bonchev–Trinajstić information content (AvgIpc) is 3.45. The fourth-order valence-electron chi connectivity index (χ4n) is 3.93. The summed E-state index contributed by atoms with van der Waals surface area (Å²) in [7, 11) is 0. The van der Waals surface area contributed by atoms with Gasteiger partial charge in [-0.3, -0.25) is 0 Å². The zero-order chi connectivity index (χ0) is 21.0. The van der Waals surface area contributed by atoms with Crippen molar-refractivity contribution in [1.29, 1.82) is 0 Å². The van der Waals surface area contributed by atoms with Gasteiger partial charge < -0.3 is 15.3 Å². The van der Waals surface area contributed by atoms with Gasteiger partial charge in [0.25, 0.3) is 0 Å². The number of imidazole rings is 1. The Bertz CT molecular complexity index is 1270. The topological polar surface area (TPSA) is 56.5 Å². The zero-order valence-corrected chi connectivity index (χ0v) is 17.0. The molecule has 5 aromatic rings. The van der Waals surface area contributed by atoms with Crippen LogP contribution in [0.4, 0.5) is 4.39 Å². The Morgan fingerprint density at radius 3 is 2.52 bits per heavy atom. The molecule has 0 fully saturated rings. The SMILES string of the molecule is Fc1ccc2c(CC(NCc3ccccc3)c3ncc(-c4ccccc4)[nH]3)c[nH]c2c1. The molecule has 5 heteroatoms. The summed E-state index contributed by atoms with van der Waals surface area (Å²) in [6, 6.07) is 25.3. The summed E-state index contributed by atoms with van der Waals surface area (Å²) < 4.78 is 13.6. The maximum atomic E-state index is 13.6. The molecule has 2 aromatic heterocycles. The summed E-state index contributed by atoms with van der Waals surface area (Å²) in [6.45, 7) is 0.726. The zero-order valence-electron chi connectivity index (χ0n) is 17.0. The van der Waals surface area contributed by atoms with Gasteiger partial charge in [-0.25, -0.2) is 9.37 Å². The van der Waals surface area contributed by atoms with Gasteiger partial charge in [-0.2, -0.15) is 0 Å². The van der Waals surface area contributed by atoms with Crippen molar-refractivity contribution in [2.24, 2.45) is 0 Å². The van der Waals surface area contributed by atoms with E-state index in [-0.39, 0.29) is 11.9 Å². The lowest BCUT2D eigenvalue weighted by atomic mass is 10.0. The molecule has 1 unspecified atom stereocenters. The monoisotopic (exact) mass is 410 g/mol. The number of fused-ring (bicyclic) bond motifs is 1. The van der Waals surface area contributed by atoms with E-state index < -0.39 is 0 Å². The highest BCUT2D eigenvalue weighted by Crippen LogP contribution is 2.26. The number of nitrogens with one attached hydrogen (secondary N) is 3. The second kappa shape index (κ2) is 8.58. The number of aromatic amines is 2. The van der Waals surface area contributed by atoms with Crippen LogP contribution in [0.15, 0.2) is 91.3 Å². The Balaban J connectivity index is 1.44. The molecule has 3 aromatic carbocycles. The van der Waals surface area contributed by atoms with E-state index in [9.17, 15) is 4.39 Å². The summed E-state index contributed by atoms with van der Waals surface area (Å²) >= 11 is 0. The molecule has 3 N–H and O–H groups in total. The molecule has 0 saturated heterocycles. The van der Waals surface area contributed by atoms with Gasteiger partial charge in [0.1, 0.15) is 11.6 Å². The molecule has 4 nitrogen and oxygen atoms in total. The average molecular weight is 410 g/mol. The maximum Gasteiger partial charge on any atom is 0.125 e. The lowest BCUT2D eigenvalue weighted by Crippen LogP contribution is -2.24. The van der Waals surface area contributed by atoms with Crippen molar-refractivity contribution in [1.82, 2.24) is 20.3 Å². The van der Waals surface area contributed by atoms with Gasteiger partial charge in [0, 0.05) is 23.6 Å². The van der Waals surface area contributed by atoms with Crippen molar-refractivity contribution in [3.05, 3.63) is 114 Å². The predicted octanol–water partition coefficient (Wildman–Crippen LogP) is 5.77. The number of hydrogen-bond acceptors (Lipinski definition) is 2. The highest BCUT2D eigenvalue weighted by Gasteiger charge is 2.18. The van der Waals surface area contributed by atoms with Crippen LogP contribution in [0.3, 0.4) is 0 Å². The molecule has 0 aliphatic carbocycles. The van der Waals surface area contributed by atoms with Crippen LogP contribution in [0.5, 0.6) is 0 Å². The smallest absolute Gasteiger partial charge is 0.125 e. The van der Waals surface area contributed by atoms with Gasteiger partial charge in [0.15, 0.2) is 0 Å². The highest BCUT2D eigenvalue weighted by atomic mass is 19.1. The quantitative estimate of drug-likeness (QED) is 0.319. The fraction of sp³-hybridized carbons (Fsp3) is 0.115. The number of H-pyrrole nitrogens is 2. The maximum absolute atomic E-state index is 13.6. The van der Waals surface area contributed by atoms with E-state index >= 15 is 0 Å². The molecule has 0 aliphatic rings. The summed E-state index contributed by atoms with van der Waals surface area (Å²) in [5.41, 5.74) is 5.23. The van der Waals surface area contributed by atoms with Crippen LogP contribution in [0.1, 0.15) is 23.0 Å². The number of halogens is 1. The second-order valence-electron chi connectivity index (χ2n) is 7.68. The number of benzene rings is 3. The van der Waals surface area contributed by atoms with Crippen LogP contribution in [0.2, 0.25) is 0 Å². The number of rotatable bonds is 7. The van der Waals surface area contributed by atoms with E-state index in [0.717, 1.165) is 46.5 Å². The largest absolute Gasteiger partial charge is 0.361 e. The predicted molar refractivity (Wildman–Crippen MR) is 122 cm³/mol. The van der Waals surface area contributed by atoms with E-state index in [2.05, 4.69) is 39.6 Å². The summed E-state index contributed by atoms with van der Waals surface area (Å²) in [5.74, 6) is 0.643. The van der Waals surface area contributed by atoms with Crippen molar-refractivity contribution in [2.45, 2.75) is 19.0 Å². The molecular weight excluding hydrogens is 387 g/mol. The first kappa shape index (κ1) is 19.3. The van der Waals surface area contributed by atoms with E-state index in [1.54, 1.807) is 0 Å². The third-order valence-electron chi connectivity index (χ3n) is 5.56. The van der Waals surface area contributed by atoms with Crippen molar-refractivity contribution >= 4 is 10.9 Å². The molecule has 154 valence electrons. The van der Waals surface area contributed by atoms with Crippen LogP contribution in [0.25, 0.3) is 22.2 Å². The lowest BCUT2D eigenvalue weighted by Gasteiger charge is -2.17. The number of aromatic nitrogens is 3. The van der Waals surface area contributed by atoms with E-state index in [4.69, 9.17) is 4.98 Å². The number of nitrogens with zero attached hydrogens (tertiary/aromatic N) is 1. The van der Waals surface area contributed by atoms with Crippen molar-refractivity contribution in [2.75, 3.05) is 0 Å². The van der Waals surface area contributed by atoms with Crippen LogP contribution in [-0.4, -0.2) is 15.0 Å². The standard InChI is InChI=1S/C26H23FN4/c27-21-11-12-22-20(16-29-23(22)14-21)13-24(28-15-18-7-3-1-4-8-18)26-30-17-25(31-26)19-9-5-2-6-10-19/h1-12,14,16-17,24,28-29H,13,15H2,(H,30,31). The molecule has 0 amide bonds. The van der Waals surface area contributed by atoms with Crippen LogP contribution >= 0.6 is 0 Å². The van der Waals surface area contributed by atoms with Gasteiger partial charge >= 0.3 is 0 Å². The molecule has 0 aliphatic heterocycles. The molecule has 0 radical (unpaired) electrons. The van der Waals surface area contributed by atoms with Crippen LogP contribution in [0, 0.1) is 5.82 Å². The second-order valence-corrected chi connectivity index (χ2v) is 7.68. The van der Waals surface area contributed by atoms with Gasteiger partial charge in [-0.1, -0.05) is 60.7 Å². The Hall–Kier alpha value is -3.70. The fourth-order valence-corrected chi connectivity index (χ4v) is 3.93. The molecule has 0 bridgehead atoms. The van der Waals surface area contributed by atoms with Gasteiger partial charge in [0.05, 0.1) is 17.9 Å². The Morgan fingerprint density at radius 1 is 0.935 bits per heavy atom. The van der Waals surface area contributed by atoms with E-state index in [1.807, 2.05) is 54.9 Å². The van der Waals surface area contributed by atoms with Crippen molar-refractivity contribution in [3.63, 3.8) is 0 Å². The van der Waals surface area contributed by atoms with Gasteiger partial charge in [-0.15, -0.1) is 0 Å². The van der Waals surface area contributed by atoms with Crippen molar-refractivity contribution in [3.8, 4) is 11.3 Å².